The Morgan fingerprint density at radius 1 is 1.45 bits per heavy atom. The maximum atomic E-state index is 10.7. The van der Waals surface area contributed by atoms with Crippen molar-refractivity contribution >= 4 is 17.7 Å². The molecule has 8 heteroatoms. The number of aromatic nitrogens is 5. The molecular formula is C12H13N5O2S. The molecular weight excluding hydrogens is 278 g/mol. The second-order valence-electron chi connectivity index (χ2n) is 4.58. The zero-order valence-electron chi connectivity index (χ0n) is 10.6. The molecule has 1 aliphatic rings. The third kappa shape index (κ3) is 2.96. The molecule has 0 atom stereocenters. The number of hydrogen-bond acceptors (Lipinski definition) is 6. The van der Waals surface area contributed by atoms with Crippen molar-refractivity contribution in [1.82, 2.24) is 24.7 Å². The van der Waals surface area contributed by atoms with E-state index in [1.165, 1.54) is 18.1 Å². The third-order valence-corrected chi connectivity index (χ3v) is 3.93. The summed E-state index contributed by atoms with van der Waals surface area (Å²) in [6.07, 6.45) is 5.42. The van der Waals surface area contributed by atoms with Crippen LogP contribution in [0.2, 0.25) is 0 Å². The molecule has 104 valence electrons. The Morgan fingerprint density at radius 2 is 2.30 bits per heavy atom. The highest BCUT2D eigenvalue weighted by Crippen LogP contribution is 2.40. The van der Waals surface area contributed by atoms with Gasteiger partial charge in [-0.15, -0.1) is 10.2 Å². The Hall–Kier alpha value is -1.96. The summed E-state index contributed by atoms with van der Waals surface area (Å²) >= 11 is 1.19. The normalized spacial score (nSPS) is 14.4. The minimum absolute atomic E-state index is 0.0213. The van der Waals surface area contributed by atoms with Crippen molar-refractivity contribution < 1.29 is 9.90 Å². The highest BCUT2D eigenvalue weighted by atomic mass is 32.2. The van der Waals surface area contributed by atoms with Gasteiger partial charge in [-0.2, -0.15) is 0 Å². The standard InChI is InChI=1S/C12H13N5O2S/c18-10(19)6-20-12-16-15-11(8-1-2-8)17(12)5-9-3-4-13-7-14-9/h3-4,7-8H,1-2,5-6H2,(H,18,19). The van der Waals surface area contributed by atoms with Crippen molar-refractivity contribution in [2.24, 2.45) is 0 Å². The summed E-state index contributed by atoms with van der Waals surface area (Å²) in [7, 11) is 0. The van der Waals surface area contributed by atoms with Crippen LogP contribution in [0.1, 0.15) is 30.3 Å². The monoisotopic (exact) mass is 291 g/mol. The smallest absolute Gasteiger partial charge is 0.313 e. The molecule has 0 unspecified atom stereocenters. The first-order valence-corrected chi connectivity index (χ1v) is 7.25. The molecule has 2 aromatic rings. The van der Waals surface area contributed by atoms with Gasteiger partial charge in [0.15, 0.2) is 5.16 Å². The van der Waals surface area contributed by atoms with Crippen molar-refractivity contribution in [3.8, 4) is 0 Å². The van der Waals surface area contributed by atoms with Crippen LogP contribution in [-0.2, 0) is 11.3 Å². The van der Waals surface area contributed by atoms with Crippen LogP contribution in [0.25, 0.3) is 0 Å². The summed E-state index contributed by atoms with van der Waals surface area (Å²) in [5.41, 5.74) is 0.860. The van der Waals surface area contributed by atoms with Crippen molar-refractivity contribution in [2.75, 3.05) is 5.75 Å². The van der Waals surface area contributed by atoms with Crippen LogP contribution in [0, 0.1) is 0 Å². The molecule has 0 amide bonds. The number of hydrogen-bond donors (Lipinski definition) is 1. The van der Waals surface area contributed by atoms with Gasteiger partial charge in [-0.3, -0.25) is 9.36 Å². The third-order valence-electron chi connectivity index (χ3n) is 2.98. The van der Waals surface area contributed by atoms with E-state index in [1.54, 1.807) is 6.20 Å². The Balaban J connectivity index is 1.85. The second kappa shape index (κ2) is 5.58. The number of thioether (sulfide) groups is 1. The number of carboxylic acids is 1. The minimum Gasteiger partial charge on any atom is -0.481 e. The number of rotatable bonds is 6. The fraction of sp³-hybridized carbons (Fsp3) is 0.417. The van der Waals surface area contributed by atoms with E-state index < -0.39 is 5.97 Å². The fourth-order valence-corrected chi connectivity index (χ4v) is 2.56. The van der Waals surface area contributed by atoms with E-state index in [1.807, 2.05) is 10.6 Å². The number of carbonyl (C=O) groups is 1. The topological polar surface area (TPSA) is 93.8 Å². The molecule has 0 spiro atoms. The average molecular weight is 291 g/mol. The van der Waals surface area contributed by atoms with Gasteiger partial charge >= 0.3 is 5.97 Å². The molecule has 1 N–H and O–H groups in total. The van der Waals surface area contributed by atoms with Gasteiger partial charge in [0.25, 0.3) is 0 Å². The average Bonchev–Trinajstić information content (AvgIpc) is 3.21. The molecule has 0 radical (unpaired) electrons. The zero-order valence-corrected chi connectivity index (χ0v) is 11.5. The first-order valence-electron chi connectivity index (χ1n) is 6.26. The Labute approximate surface area is 119 Å². The fourth-order valence-electron chi connectivity index (χ4n) is 1.90. The van der Waals surface area contributed by atoms with Crippen molar-refractivity contribution in [1.29, 1.82) is 0 Å². The summed E-state index contributed by atoms with van der Waals surface area (Å²) in [6, 6.07) is 1.84. The quantitative estimate of drug-likeness (QED) is 0.798. The van der Waals surface area contributed by atoms with E-state index in [-0.39, 0.29) is 5.75 Å². The molecule has 20 heavy (non-hydrogen) atoms. The summed E-state index contributed by atoms with van der Waals surface area (Å²) in [5.74, 6) is 0.492. The first kappa shape index (κ1) is 13.0. The van der Waals surface area contributed by atoms with Gasteiger partial charge in [0, 0.05) is 12.1 Å². The van der Waals surface area contributed by atoms with Gasteiger partial charge in [-0.25, -0.2) is 9.97 Å². The van der Waals surface area contributed by atoms with Gasteiger partial charge < -0.3 is 5.11 Å². The molecule has 7 nitrogen and oxygen atoms in total. The molecule has 0 bridgehead atoms. The predicted molar refractivity (Wildman–Crippen MR) is 71.5 cm³/mol. The number of nitrogens with zero attached hydrogens (tertiary/aromatic N) is 5. The molecule has 0 saturated heterocycles. The molecule has 1 fully saturated rings. The first-order chi connectivity index (χ1) is 9.74. The lowest BCUT2D eigenvalue weighted by Gasteiger charge is -2.08. The van der Waals surface area contributed by atoms with E-state index in [2.05, 4.69) is 20.2 Å². The van der Waals surface area contributed by atoms with Crippen molar-refractivity contribution in [3.63, 3.8) is 0 Å². The van der Waals surface area contributed by atoms with Crippen molar-refractivity contribution in [3.05, 3.63) is 30.1 Å². The molecule has 2 aromatic heterocycles. The Kier molecular flexibility index (Phi) is 3.64. The van der Waals surface area contributed by atoms with Gasteiger partial charge in [0.2, 0.25) is 0 Å². The lowest BCUT2D eigenvalue weighted by Crippen LogP contribution is -2.08. The largest absolute Gasteiger partial charge is 0.481 e. The maximum Gasteiger partial charge on any atom is 0.313 e. The highest BCUT2D eigenvalue weighted by molar-refractivity contribution is 7.99. The number of carboxylic acid groups (broad SMARTS) is 1. The molecule has 0 aromatic carbocycles. The Morgan fingerprint density at radius 3 is 2.95 bits per heavy atom. The Bertz CT molecular complexity index is 612. The van der Waals surface area contributed by atoms with Crippen molar-refractivity contribution in [2.45, 2.75) is 30.5 Å². The van der Waals surface area contributed by atoms with E-state index in [4.69, 9.17) is 5.11 Å². The summed E-state index contributed by atoms with van der Waals surface area (Å²) in [5, 5.41) is 17.7. The minimum atomic E-state index is -0.862. The SMILES string of the molecule is O=C(O)CSc1nnc(C2CC2)n1Cc1ccncn1. The lowest BCUT2D eigenvalue weighted by molar-refractivity contribution is -0.133. The van der Waals surface area contributed by atoms with Crippen LogP contribution >= 0.6 is 11.8 Å². The molecule has 2 heterocycles. The van der Waals surface area contributed by atoms with Gasteiger partial charge in [0.05, 0.1) is 18.0 Å². The van der Waals surface area contributed by atoms with Crippen LogP contribution in [0.5, 0.6) is 0 Å². The summed E-state index contributed by atoms with van der Waals surface area (Å²) < 4.78 is 1.97. The predicted octanol–water partition coefficient (Wildman–Crippen LogP) is 1.17. The zero-order chi connectivity index (χ0) is 13.9. The van der Waals surface area contributed by atoms with Gasteiger partial charge in [0.1, 0.15) is 12.2 Å². The lowest BCUT2D eigenvalue weighted by atomic mass is 10.3. The van der Waals surface area contributed by atoms with E-state index in [9.17, 15) is 4.79 Å². The second-order valence-corrected chi connectivity index (χ2v) is 5.53. The van der Waals surface area contributed by atoms with Gasteiger partial charge in [-0.05, 0) is 18.9 Å². The maximum absolute atomic E-state index is 10.7. The van der Waals surface area contributed by atoms with Crippen LogP contribution in [0.15, 0.2) is 23.7 Å². The van der Waals surface area contributed by atoms with Crippen LogP contribution < -0.4 is 0 Å². The van der Waals surface area contributed by atoms with Gasteiger partial charge in [-0.1, -0.05) is 11.8 Å². The number of aliphatic carboxylic acids is 1. The van der Waals surface area contributed by atoms with E-state index in [0.29, 0.717) is 17.6 Å². The highest BCUT2D eigenvalue weighted by Gasteiger charge is 2.30. The van der Waals surface area contributed by atoms with Crippen LogP contribution in [0.4, 0.5) is 0 Å². The van der Waals surface area contributed by atoms with E-state index >= 15 is 0 Å². The molecule has 1 aliphatic carbocycles. The molecule has 0 aliphatic heterocycles. The van der Waals surface area contributed by atoms with E-state index in [0.717, 1.165) is 24.4 Å². The molecule has 1 saturated carbocycles. The summed E-state index contributed by atoms with van der Waals surface area (Å²) in [6.45, 7) is 0.545. The van der Waals surface area contributed by atoms with Crippen LogP contribution in [0.3, 0.4) is 0 Å². The summed E-state index contributed by atoms with van der Waals surface area (Å²) in [4.78, 5) is 18.8. The molecule has 3 rings (SSSR count). The van der Waals surface area contributed by atoms with Crippen LogP contribution in [-0.4, -0.2) is 41.6 Å².